The molecule has 6 heteroatoms. The molecule has 111 valence electrons. The summed E-state index contributed by atoms with van der Waals surface area (Å²) in [6, 6.07) is 2.84. The zero-order chi connectivity index (χ0) is 15.0. The molecule has 1 saturated heterocycles. The van der Waals surface area contributed by atoms with Crippen molar-refractivity contribution in [2.45, 2.75) is 44.9 Å². The second kappa shape index (κ2) is 5.18. The average molecular weight is 280 g/mol. The highest BCUT2D eigenvalue weighted by atomic mass is 16.5. The lowest BCUT2D eigenvalue weighted by Gasteiger charge is -2.41. The fourth-order valence-electron chi connectivity index (χ4n) is 2.28. The molecule has 1 N–H and O–H groups in total. The maximum atomic E-state index is 12.7. The Morgan fingerprint density at radius 2 is 2.15 bits per heavy atom. The Labute approximate surface area is 119 Å². The maximum absolute atomic E-state index is 12.7. The number of ether oxygens (including phenoxy) is 1. The largest absolute Gasteiger partial charge is 0.388 e. The molecule has 1 amide bonds. The summed E-state index contributed by atoms with van der Waals surface area (Å²) < 4.78 is 7.15. The molecule has 1 unspecified atom stereocenters. The molecule has 2 rings (SSSR count). The monoisotopic (exact) mass is 280 g/mol. The van der Waals surface area contributed by atoms with Crippen LogP contribution in [0.5, 0.6) is 0 Å². The first-order valence-corrected chi connectivity index (χ1v) is 6.77. The van der Waals surface area contributed by atoms with Gasteiger partial charge in [0.25, 0.3) is 0 Å². The first-order chi connectivity index (χ1) is 9.23. The fraction of sp³-hybridized carbons (Fsp3) is 0.714. The number of amides is 1. The van der Waals surface area contributed by atoms with E-state index in [4.69, 9.17) is 4.74 Å². The molecule has 1 fully saturated rings. The molecule has 0 bridgehead atoms. The minimum atomic E-state index is -0.970. The van der Waals surface area contributed by atoms with Crippen molar-refractivity contribution in [3.63, 3.8) is 0 Å². The summed E-state index contributed by atoms with van der Waals surface area (Å²) in [4.78, 5) is 14.4. The minimum absolute atomic E-state index is 0.0350. The maximum Gasteiger partial charge on any atom is 0.250 e. The summed E-state index contributed by atoms with van der Waals surface area (Å²) >= 11 is 0. The van der Waals surface area contributed by atoms with Gasteiger partial charge in [0.05, 0.1) is 18.4 Å². The minimum Gasteiger partial charge on any atom is -0.388 e. The van der Waals surface area contributed by atoms with Gasteiger partial charge in [-0.1, -0.05) is 0 Å². The highest BCUT2D eigenvalue weighted by molar-refractivity contribution is 5.83. The molecule has 1 aromatic heterocycles. The summed E-state index contributed by atoms with van der Waals surface area (Å²) in [5.74, 6) is -0.0350. The number of carbonyl (C=O) groups is 1. The number of morpholine rings is 1. The van der Waals surface area contributed by atoms with E-state index in [-0.39, 0.29) is 12.0 Å². The molecule has 1 atom stereocenters. The smallest absolute Gasteiger partial charge is 0.250 e. The predicted molar refractivity (Wildman–Crippen MR) is 73.0 cm³/mol. The second-order valence-corrected chi connectivity index (χ2v) is 6.21. The van der Waals surface area contributed by atoms with Crippen molar-refractivity contribution in [2.24, 2.45) is 0 Å². The van der Waals surface area contributed by atoms with E-state index < -0.39 is 11.1 Å². The number of aromatic nitrogens is 2. The van der Waals surface area contributed by atoms with E-state index >= 15 is 0 Å². The molecule has 20 heavy (non-hydrogen) atoms. The molecular weight excluding hydrogens is 258 g/mol. The third kappa shape index (κ3) is 2.86. The van der Waals surface area contributed by atoms with Gasteiger partial charge >= 0.3 is 0 Å². The van der Waals surface area contributed by atoms with Crippen LogP contribution in [0.25, 0.3) is 0 Å². The van der Waals surface area contributed by atoms with Crippen LogP contribution in [0, 0.1) is 6.07 Å². The van der Waals surface area contributed by atoms with Gasteiger partial charge in [-0.05, 0) is 27.7 Å². The van der Waals surface area contributed by atoms with Gasteiger partial charge < -0.3 is 14.7 Å². The molecular formula is C14H22N3O3. The molecule has 0 aliphatic carbocycles. The molecule has 1 aliphatic rings. The van der Waals surface area contributed by atoms with Crippen LogP contribution in [0.4, 0.5) is 0 Å². The molecule has 2 heterocycles. The third-order valence-corrected chi connectivity index (χ3v) is 3.69. The number of aliphatic hydroxyl groups is 1. The van der Waals surface area contributed by atoms with Crippen LogP contribution >= 0.6 is 0 Å². The number of hydrogen-bond donors (Lipinski definition) is 1. The first kappa shape index (κ1) is 15.0. The number of nitrogens with zero attached hydrogens (tertiary/aromatic N) is 3. The summed E-state index contributed by atoms with van der Waals surface area (Å²) in [7, 11) is 0. The highest BCUT2D eigenvalue weighted by Gasteiger charge is 2.39. The van der Waals surface area contributed by atoms with E-state index in [9.17, 15) is 9.90 Å². The lowest BCUT2D eigenvalue weighted by molar-refractivity contribution is -0.159. The van der Waals surface area contributed by atoms with Crippen molar-refractivity contribution in [1.29, 1.82) is 0 Å². The van der Waals surface area contributed by atoms with Crippen LogP contribution in [-0.2, 0) is 15.1 Å². The Morgan fingerprint density at radius 1 is 1.45 bits per heavy atom. The van der Waals surface area contributed by atoms with Gasteiger partial charge in [-0.25, -0.2) is 0 Å². The van der Waals surface area contributed by atoms with Crippen molar-refractivity contribution in [1.82, 2.24) is 14.7 Å². The van der Waals surface area contributed by atoms with Crippen molar-refractivity contribution in [3.8, 4) is 0 Å². The zero-order valence-corrected chi connectivity index (χ0v) is 12.5. The topological polar surface area (TPSA) is 67.6 Å². The SMILES string of the molecule is CC(C)(O)C1CN(C(=O)C(C)(C)n2c[c]cn2)CCO1. The van der Waals surface area contributed by atoms with E-state index in [1.807, 2.05) is 13.8 Å². The summed E-state index contributed by atoms with van der Waals surface area (Å²) in [5, 5.41) is 14.1. The van der Waals surface area contributed by atoms with E-state index in [0.29, 0.717) is 19.7 Å². The van der Waals surface area contributed by atoms with Gasteiger partial charge in [-0.3, -0.25) is 9.48 Å². The van der Waals surface area contributed by atoms with Crippen molar-refractivity contribution < 1.29 is 14.6 Å². The third-order valence-electron chi connectivity index (χ3n) is 3.69. The molecule has 1 radical (unpaired) electrons. The molecule has 1 aliphatic heterocycles. The molecule has 0 saturated carbocycles. The van der Waals surface area contributed by atoms with Crippen LogP contribution in [0.1, 0.15) is 27.7 Å². The van der Waals surface area contributed by atoms with Gasteiger partial charge in [0, 0.05) is 25.4 Å². The van der Waals surface area contributed by atoms with Crippen molar-refractivity contribution >= 4 is 5.91 Å². The van der Waals surface area contributed by atoms with Gasteiger partial charge in [0.1, 0.15) is 11.6 Å². The van der Waals surface area contributed by atoms with Gasteiger partial charge in [0.2, 0.25) is 5.91 Å². The molecule has 0 spiro atoms. The van der Waals surface area contributed by atoms with Crippen LogP contribution < -0.4 is 0 Å². The van der Waals surface area contributed by atoms with Crippen molar-refractivity contribution in [2.75, 3.05) is 19.7 Å². The van der Waals surface area contributed by atoms with Crippen molar-refractivity contribution in [3.05, 3.63) is 18.5 Å². The van der Waals surface area contributed by atoms with Crippen LogP contribution in [0.15, 0.2) is 12.4 Å². The lowest BCUT2D eigenvalue weighted by Crippen LogP contribution is -2.57. The molecule has 0 aromatic carbocycles. The van der Waals surface area contributed by atoms with Gasteiger partial charge in [-0.2, -0.15) is 5.10 Å². The fourth-order valence-corrected chi connectivity index (χ4v) is 2.28. The Hall–Kier alpha value is -1.40. The second-order valence-electron chi connectivity index (χ2n) is 6.21. The van der Waals surface area contributed by atoms with E-state index in [1.165, 1.54) is 6.20 Å². The Bertz CT molecular complexity index is 463. The number of rotatable bonds is 3. The number of hydrogen-bond acceptors (Lipinski definition) is 4. The van der Waals surface area contributed by atoms with E-state index in [2.05, 4.69) is 11.2 Å². The Morgan fingerprint density at radius 3 is 2.70 bits per heavy atom. The van der Waals surface area contributed by atoms with E-state index in [0.717, 1.165) is 0 Å². The van der Waals surface area contributed by atoms with Crippen LogP contribution in [0.2, 0.25) is 0 Å². The summed E-state index contributed by atoms with van der Waals surface area (Å²) in [6.07, 6.45) is 2.82. The predicted octanol–water partition coefficient (Wildman–Crippen LogP) is 0.417. The Balaban J connectivity index is 2.13. The Kier molecular flexibility index (Phi) is 3.88. The zero-order valence-electron chi connectivity index (χ0n) is 12.5. The van der Waals surface area contributed by atoms with E-state index in [1.54, 1.807) is 29.6 Å². The number of carbonyl (C=O) groups excluding carboxylic acids is 1. The van der Waals surface area contributed by atoms with Gasteiger partial charge in [-0.15, -0.1) is 0 Å². The first-order valence-electron chi connectivity index (χ1n) is 6.77. The quantitative estimate of drug-likeness (QED) is 0.871. The molecule has 1 aromatic rings. The standard InChI is InChI=1S/C14H22N3O3/c1-13(2,17-7-5-6-15-17)12(18)16-8-9-20-11(10-16)14(3,4)19/h6-7,11,19H,8-10H2,1-4H3. The normalized spacial score (nSPS) is 21.1. The lowest BCUT2D eigenvalue weighted by atomic mass is 9.98. The highest BCUT2D eigenvalue weighted by Crippen LogP contribution is 2.22. The summed E-state index contributed by atoms with van der Waals surface area (Å²) in [5.41, 5.74) is -1.75. The van der Waals surface area contributed by atoms with Crippen LogP contribution in [-0.4, -0.2) is 57.1 Å². The van der Waals surface area contributed by atoms with Crippen LogP contribution in [0.3, 0.4) is 0 Å². The molecule has 6 nitrogen and oxygen atoms in total. The average Bonchev–Trinajstić information content (AvgIpc) is 2.91. The van der Waals surface area contributed by atoms with Gasteiger partial charge in [0.15, 0.2) is 0 Å². The summed E-state index contributed by atoms with van der Waals surface area (Å²) in [6.45, 7) is 8.38.